The van der Waals surface area contributed by atoms with Gasteiger partial charge in [0.2, 0.25) is 5.89 Å². The molecule has 1 spiro atoms. The van der Waals surface area contributed by atoms with Crippen LogP contribution in [-0.4, -0.2) is 54.6 Å². The summed E-state index contributed by atoms with van der Waals surface area (Å²) in [5, 5.41) is 4.03. The van der Waals surface area contributed by atoms with Gasteiger partial charge in [-0.3, -0.25) is 4.90 Å². The molecule has 1 aromatic rings. The van der Waals surface area contributed by atoms with E-state index >= 15 is 0 Å². The van der Waals surface area contributed by atoms with Gasteiger partial charge < -0.3 is 14.0 Å². The SMILES string of the molecule is CCOC1CC(N(C)Cc2nc(CCOC)no2)C12CCCC2. The van der Waals surface area contributed by atoms with E-state index in [2.05, 4.69) is 29.0 Å². The molecule has 23 heavy (non-hydrogen) atoms. The largest absolute Gasteiger partial charge is 0.384 e. The van der Waals surface area contributed by atoms with Crippen molar-refractivity contribution in [3.63, 3.8) is 0 Å². The first-order valence-electron chi connectivity index (χ1n) is 8.82. The highest BCUT2D eigenvalue weighted by Gasteiger charge is 2.57. The van der Waals surface area contributed by atoms with Crippen molar-refractivity contribution < 1.29 is 14.0 Å². The van der Waals surface area contributed by atoms with Crippen LogP contribution in [-0.2, 0) is 22.4 Å². The van der Waals surface area contributed by atoms with E-state index in [1.54, 1.807) is 7.11 Å². The van der Waals surface area contributed by atoms with E-state index in [1.807, 2.05) is 0 Å². The molecule has 3 rings (SSSR count). The lowest BCUT2D eigenvalue weighted by atomic mass is 9.60. The van der Waals surface area contributed by atoms with Gasteiger partial charge in [0.1, 0.15) is 0 Å². The van der Waals surface area contributed by atoms with Gasteiger partial charge in [-0.2, -0.15) is 4.98 Å². The molecule has 2 aliphatic rings. The van der Waals surface area contributed by atoms with Gasteiger partial charge in [-0.25, -0.2) is 0 Å². The zero-order chi connectivity index (χ0) is 16.3. The zero-order valence-corrected chi connectivity index (χ0v) is 14.6. The Labute approximate surface area is 138 Å². The second kappa shape index (κ2) is 7.28. The third-order valence-electron chi connectivity index (χ3n) is 5.60. The Balaban J connectivity index is 1.59. The first-order chi connectivity index (χ1) is 11.2. The standard InChI is InChI=1S/C17H29N3O3/c1-4-22-14-11-13(17(14)8-5-6-9-17)20(2)12-16-18-15(19-23-16)7-10-21-3/h13-14H,4-12H2,1-3H3. The average Bonchev–Trinajstić information content (AvgIpc) is 3.19. The van der Waals surface area contributed by atoms with Gasteiger partial charge in [-0.05, 0) is 33.2 Å². The van der Waals surface area contributed by atoms with Gasteiger partial charge in [0.25, 0.3) is 0 Å². The fourth-order valence-corrected chi connectivity index (χ4v) is 4.44. The molecule has 6 nitrogen and oxygen atoms in total. The van der Waals surface area contributed by atoms with Gasteiger partial charge in [-0.15, -0.1) is 0 Å². The maximum atomic E-state index is 6.00. The molecule has 2 unspecified atom stereocenters. The minimum Gasteiger partial charge on any atom is -0.384 e. The molecule has 6 heteroatoms. The van der Waals surface area contributed by atoms with E-state index in [-0.39, 0.29) is 0 Å². The number of hydrogen-bond acceptors (Lipinski definition) is 6. The fraction of sp³-hybridized carbons (Fsp3) is 0.882. The van der Waals surface area contributed by atoms with Crippen molar-refractivity contribution in [3.8, 4) is 0 Å². The first-order valence-corrected chi connectivity index (χ1v) is 8.82. The predicted molar refractivity (Wildman–Crippen MR) is 86.1 cm³/mol. The minimum absolute atomic E-state index is 0.351. The Hall–Kier alpha value is -0.980. The van der Waals surface area contributed by atoms with Crippen LogP contribution in [0, 0.1) is 5.41 Å². The van der Waals surface area contributed by atoms with Crippen molar-refractivity contribution in [1.82, 2.24) is 15.0 Å². The second-order valence-corrected chi connectivity index (χ2v) is 6.90. The van der Waals surface area contributed by atoms with Crippen LogP contribution in [0.3, 0.4) is 0 Å². The van der Waals surface area contributed by atoms with Gasteiger partial charge in [0.05, 0.1) is 19.3 Å². The molecule has 2 atom stereocenters. The molecule has 2 fully saturated rings. The third kappa shape index (κ3) is 3.30. The van der Waals surface area contributed by atoms with Crippen LogP contribution < -0.4 is 0 Å². The molecule has 2 saturated carbocycles. The van der Waals surface area contributed by atoms with E-state index in [4.69, 9.17) is 14.0 Å². The summed E-state index contributed by atoms with van der Waals surface area (Å²) in [7, 11) is 3.85. The van der Waals surface area contributed by atoms with Gasteiger partial charge in [0.15, 0.2) is 5.82 Å². The predicted octanol–water partition coefficient (Wildman–Crippen LogP) is 2.43. The number of nitrogens with zero attached hydrogens (tertiary/aromatic N) is 3. The Morgan fingerprint density at radius 1 is 1.35 bits per heavy atom. The molecule has 1 heterocycles. The lowest BCUT2D eigenvalue weighted by Crippen LogP contribution is -2.62. The van der Waals surface area contributed by atoms with E-state index < -0.39 is 0 Å². The minimum atomic E-state index is 0.351. The van der Waals surface area contributed by atoms with Crippen molar-refractivity contribution in [2.75, 3.05) is 27.4 Å². The topological polar surface area (TPSA) is 60.6 Å². The highest BCUT2D eigenvalue weighted by atomic mass is 16.5. The average molecular weight is 323 g/mol. The molecule has 1 aromatic heterocycles. The summed E-state index contributed by atoms with van der Waals surface area (Å²) in [5.41, 5.74) is 0.351. The summed E-state index contributed by atoms with van der Waals surface area (Å²) in [4.78, 5) is 6.85. The summed E-state index contributed by atoms with van der Waals surface area (Å²) >= 11 is 0. The van der Waals surface area contributed by atoms with Crippen LogP contribution in [0.4, 0.5) is 0 Å². The quantitative estimate of drug-likeness (QED) is 0.732. The highest BCUT2D eigenvalue weighted by molar-refractivity contribution is 5.10. The van der Waals surface area contributed by atoms with Gasteiger partial charge >= 0.3 is 0 Å². The van der Waals surface area contributed by atoms with Crippen molar-refractivity contribution >= 4 is 0 Å². The Bertz CT molecular complexity index is 499. The third-order valence-corrected chi connectivity index (χ3v) is 5.60. The number of methoxy groups -OCH3 is 1. The number of hydrogen-bond donors (Lipinski definition) is 0. The number of ether oxygens (including phenoxy) is 2. The molecule has 0 aliphatic heterocycles. The molecule has 0 amide bonds. The van der Waals surface area contributed by atoms with E-state index in [9.17, 15) is 0 Å². The molecule has 0 N–H and O–H groups in total. The molecule has 0 radical (unpaired) electrons. The lowest BCUT2D eigenvalue weighted by Gasteiger charge is -2.57. The van der Waals surface area contributed by atoms with Crippen LogP contribution in [0.5, 0.6) is 0 Å². The Morgan fingerprint density at radius 3 is 2.83 bits per heavy atom. The number of rotatable bonds is 8. The summed E-state index contributed by atoms with van der Waals surface area (Å²) in [6, 6.07) is 0.566. The molecule has 2 aliphatic carbocycles. The Kier molecular flexibility index (Phi) is 5.34. The maximum absolute atomic E-state index is 6.00. The van der Waals surface area contributed by atoms with Crippen LogP contribution >= 0.6 is 0 Å². The molecular formula is C17H29N3O3. The van der Waals surface area contributed by atoms with Crippen molar-refractivity contribution in [1.29, 1.82) is 0 Å². The van der Waals surface area contributed by atoms with Gasteiger partial charge in [0, 0.05) is 31.6 Å². The van der Waals surface area contributed by atoms with Crippen molar-refractivity contribution in [2.45, 2.75) is 64.1 Å². The van der Waals surface area contributed by atoms with Crippen LogP contribution in [0.25, 0.3) is 0 Å². The van der Waals surface area contributed by atoms with Gasteiger partial charge in [-0.1, -0.05) is 18.0 Å². The van der Waals surface area contributed by atoms with Crippen LogP contribution in [0.1, 0.15) is 50.7 Å². The van der Waals surface area contributed by atoms with E-state index in [0.717, 1.165) is 18.9 Å². The summed E-state index contributed by atoms with van der Waals surface area (Å²) in [5.74, 6) is 1.43. The van der Waals surface area contributed by atoms with Crippen LogP contribution in [0.2, 0.25) is 0 Å². The summed E-state index contributed by atoms with van der Waals surface area (Å²) in [6.07, 6.45) is 7.48. The second-order valence-electron chi connectivity index (χ2n) is 6.90. The zero-order valence-electron chi connectivity index (χ0n) is 14.6. The molecule has 0 aromatic carbocycles. The normalized spacial score (nSPS) is 26.1. The van der Waals surface area contributed by atoms with Crippen molar-refractivity contribution in [2.24, 2.45) is 5.41 Å². The highest BCUT2D eigenvalue weighted by Crippen LogP contribution is 2.56. The van der Waals surface area contributed by atoms with Crippen molar-refractivity contribution in [3.05, 3.63) is 11.7 Å². The summed E-state index contributed by atoms with van der Waals surface area (Å²) in [6.45, 7) is 4.25. The molecule has 0 saturated heterocycles. The molecular weight excluding hydrogens is 294 g/mol. The Morgan fingerprint density at radius 2 is 2.13 bits per heavy atom. The monoisotopic (exact) mass is 323 g/mol. The maximum Gasteiger partial charge on any atom is 0.240 e. The fourth-order valence-electron chi connectivity index (χ4n) is 4.44. The molecule has 130 valence electrons. The summed E-state index contributed by atoms with van der Waals surface area (Å²) < 4.78 is 16.4. The van der Waals surface area contributed by atoms with E-state index in [0.29, 0.717) is 43.0 Å². The van der Waals surface area contributed by atoms with E-state index in [1.165, 1.54) is 25.7 Å². The first kappa shape index (κ1) is 16.9. The lowest BCUT2D eigenvalue weighted by molar-refractivity contribution is -0.163. The molecule has 0 bridgehead atoms. The smallest absolute Gasteiger partial charge is 0.240 e. The number of aromatic nitrogens is 2. The van der Waals surface area contributed by atoms with Crippen LogP contribution in [0.15, 0.2) is 4.52 Å².